The van der Waals surface area contributed by atoms with E-state index in [1.807, 2.05) is 0 Å². The minimum absolute atomic E-state index is 0.641. The number of hydrogen-bond donors (Lipinski definition) is 1. The van der Waals surface area contributed by atoms with E-state index in [2.05, 4.69) is 5.14 Å². The molecule has 0 bridgehead atoms. The molecule has 0 heterocycles. The summed E-state index contributed by atoms with van der Waals surface area (Å²) >= 11 is 0. The lowest BCUT2D eigenvalue weighted by molar-refractivity contribution is -0.115. The number of carbonyl (C=O) groups excluding carboxylic acids is 1. The van der Waals surface area contributed by atoms with Gasteiger partial charge in [0.2, 0.25) is 0 Å². The Balaban J connectivity index is 2.87. The number of nitrogens with two attached hydrogens (primary N) is 1. The van der Waals surface area contributed by atoms with Gasteiger partial charge in [-0.1, -0.05) is 6.92 Å². The van der Waals surface area contributed by atoms with Crippen molar-refractivity contribution in [1.29, 1.82) is 0 Å². The van der Waals surface area contributed by atoms with Gasteiger partial charge in [0, 0.05) is 5.41 Å². The van der Waals surface area contributed by atoms with Gasteiger partial charge in [-0.25, -0.2) is 13.6 Å². The zero-order valence-corrected chi connectivity index (χ0v) is 6.44. The first-order chi connectivity index (χ1) is 4.36. The molecule has 0 saturated heterocycles. The van der Waals surface area contributed by atoms with E-state index in [-0.39, 0.29) is 0 Å². The second kappa shape index (κ2) is 1.79. The van der Waals surface area contributed by atoms with Crippen molar-refractivity contribution < 1.29 is 13.2 Å². The summed E-state index contributed by atoms with van der Waals surface area (Å²) in [7, 11) is -3.94. The summed E-state index contributed by atoms with van der Waals surface area (Å²) in [6, 6.07) is 0. The topological polar surface area (TPSA) is 77.2 Å². The monoisotopic (exact) mass is 163 g/mol. The third kappa shape index (κ3) is 1.19. The van der Waals surface area contributed by atoms with Crippen LogP contribution < -0.4 is 5.14 Å². The molecule has 5 heteroatoms. The van der Waals surface area contributed by atoms with Crippen LogP contribution in [0.2, 0.25) is 0 Å². The van der Waals surface area contributed by atoms with Crippen LogP contribution in [0.1, 0.15) is 19.8 Å². The summed E-state index contributed by atoms with van der Waals surface area (Å²) < 4.78 is 20.9. The highest BCUT2D eigenvalue weighted by atomic mass is 32.2. The molecule has 1 rings (SSSR count). The largest absolute Gasteiger partial charge is 0.280 e. The van der Waals surface area contributed by atoms with Crippen LogP contribution in [0.5, 0.6) is 0 Å². The third-order valence-corrected chi connectivity index (χ3v) is 2.76. The Morgan fingerprint density at radius 1 is 1.50 bits per heavy atom. The molecule has 0 atom stereocenters. The Bertz CT molecular complexity index is 263. The normalized spacial score (nSPS) is 22.2. The standard InChI is InChI=1S/C5H9NO3S/c1-5(2-3-5)4(7)10(6,8)9/h2-3H2,1H3,(H2,6,8,9). The van der Waals surface area contributed by atoms with Crippen LogP contribution in [0, 0.1) is 5.41 Å². The minimum Gasteiger partial charge on any atom is -0.280 e. The van der Waals surface area contributed by atoms with Crippen molar-refractivity contribution in [3.8, 4) is 0 Å². The molecule has 0 aliphatic heterocycles. The maximum absolute atomic E-state index is 10.8. The van der Waals surface area contributed by atoms with Crippen molar-refractivity contribution in [3.63, 3.8) is 0 Å². The van der Waals surface area contributed by atoms with Crippen molar-refractivity contribution >= 4 is 15.1 Å². The first-order valence-electron chi connectivity index (χ1n) is 2.93. The van der Waals surface area contributed by atoms with Gasteiger partial charge in [0.05, 0.1) is 0 Å². The Labute approximate surface area is 59.5 Å². The quantitative estimate of drug-likeness (QED) is 0.571. The maximum atomic E-state index is 10.8. The van der Waals surface area contributed by atoms with Gasteiger partial charge in [0.15, 0.2) is 0 Å². The Hall–Kier alpha value is -0.420. The van der Waals surface area contributed by atoms with E-state index < -0.39 is 20.6 Å². The van der Waals surface area contributed by atoms with E-state index in [1.54, 1.807) is 6.92 Å². The molecule has 0 radical (unpaired) electrons. The summed E-state index contributed by atoms with van der Waals surface area (Å²) in [6.45, 7) is 1.61. The lowest BCUT2D eigenvalue weighted by atomic mass is 10.2. The lowest BCUT2D eigenvalue weighted by Gasteiger charge is -2.01. The van der Waals surface area contributed by atoms with Crippen LogP contribution in [0.15, 0.2) is 0 Å². The first-order valence-corrected chi connectivity index (χ1v) is 4.48. The van der Waals surface area contributed by atoms with Gasteiger partial charge >= 0.3 is 0 Å². The summed E-state index contributed by atoms with van der Waals surface area (Å²) in [5.41, 5.74) is -0.659. The van der Waals surface area contributed by atoms with Crippen molar-refractivity contribution in [2.45, 2.75) is 19.8 Å². The predicted octanol–water partition coefficient (Wildman–Crippen LogP) is -0.398. The zero-order valence-electron chi connectivity index (χ0n) is 5.62. The second-order valence-corrected chi connectivity index (χ2v) is 4.35. The van der Waals surface area contributed by atoms with Gasteiger partial charge in [-0.3, -0.25) is 4.79 Å². The third-order valence-electron chi connectivity index (χ3n) is 1.75. The first kappa shape index (κ1) is 7.68. The predicted molar refractivity (Wildman–Crippen MR) is 35.5 cm³/mol. The van der Waals surface area contributed by atoms with Crippen LogP contribution in [-0.2, 0) is 14.8 Å². The van der Waals surface area contributed by atoms with Gasteiger partial charge in [-0.2, -0.15) is 0 Å². The van der Waals surface area contributed by atoms with E-state index in [0.717, 1.165) is 0 Å². The van der Waals surface area contributed by atoms with Gasteiger partial charge in [-0.15, -0.1) is 0 Å². The van der Waals surface area contributed by atoms with E-state index in [1.165, 1.54) is 0 Å². The molecule has 4 nitrogen and oxygen atoms in total. The molecule has 0 aromatic rings. The Morgan fingerprint density at radius 2 is 1.90 bits per heavy atom. The van der Waals surface area contributed by atoms with E-state index in [4.69, 9.17) is 0 Å². The SMILES string of the molecule is CC1(C(=O)S(N)(=O)=O)CC1. The van der Waals surface area contributed by atoms with Crippen molar-refractivity contribution in [2.24, 2.45) is 10.6 Å². The highest BCUT2D eigenvalue weighted by Crippen LogP contribution is 2.46. The molecule has 2 N–H and O–H groups in total. The average molecular weight is 163 g/mol. The van der Waals surface area contributed by atoms with Gasteiger partial charge < -0.3 is 0 Å². The summed E-state index contributed by atoms with van der Waals surface area (Å²) in [4.78, 5) is 10.8. The number of rotatable bonds is 1. The van der Waals surface area contributed by atoms with Crippen LogP contribution in [0.4, 0.5) is 0 Å². The number of carbonyl (C=O) groups is 1. The fourth-order valence-corrected chi connectivity index (χ4v) is 1.63. The van der Waals surface area contributed by atoms with Crippen molar-refractivity contribution in [3.05, 3.63) is 0 Å². The number of hydrogen-bond acceptors (Lipinski definition) is 3. The van der Waals surface area contributed by atoms with Gasteiger partial charge in [0.1, 0.15) is 0 Å². The number of sulfonamides is 1. The highest BCUT2D eigenvalue weighted by Gasteiger charge is 2.49. The highest BCUT2D eigenvalue weighted by molar-refractivity contribution is 8.04. The van der Waals surface area contributed by atoms with E-state index in [9.17, 15) is 13.2 Å². The number of primary sulfonamides is 1. The fourth-order valence-electron chi connectivity index (χ4n) is 0.735. The molecule has 58 valence electrons. The molecule has 1 saturated carbocycles. The van der Waals surface area contributed by atoms with Crippen LogP contribution in [0.25, 0.3) is 0 Å². The molecule has 0 spiro atoms. The Morgan fingerprint density at radius 3 is 2.00 bits per heavy atom. The molecule has 1 fully saturated rings. The minimum atomic E-state index is -3.94. The zero-order chi connectivity index (χ0) is 7.99. The van der Waals surface area contributed by atoms with Gasteiger partial charge in [0.25, 0.3) is 15.1 Å². The molecular formula is C5H9NO3S. The molecule has 0 amide bonds. The summed E-state index contributed by atoms with van der Waals surface area (Å²) in [5.74, 6) is 0. The smallest absolute Gasteiger partial charge is 0.272 e. The maximum Gasteiger partial charge on any atom is 0.272 e. The summed E-state index contributed by atoms with van der Waals surface area (Å²) in [6.07, 6.45) is 1.28. The van der Waals surface area contributed by atoms with E-state index in [0.29, 0.717) is 12.8 Å². The molecule has 0 aromatic carbocycles. The van der Waals surface area contributed by atoms with Gasteiger partial charge in [-0.05, 0) is 12.8 Å². The molecule has 1 aliphatic carbocycles. The summed E-state index contributed by atoms with van der Waals surface area (Å²) in [5, 5.41) is 3.81. The second-order valence-electron chi connectivity index (χ2n) is 2.89. The molecular weight excluding hydrogens is 154 g/mol. The molecule has 10 heavy (non-hydrogen) atoms. The van der Waals surface area contributed by atoms with E-state index >= 15 is 0 Å². The fraction of sp³-hybridized carbons (Fsp3) is 0.800. The molecule has 1 aliphatic rings. The van der Waals surface area contributed by atoms with Crippen LogP contribution in [0.3, 0.4) is 0 Å². The molecule has 0 aromatic heterocycles. The van der Waals surface area contributed by atoms with Crippen LogP contribution in [-0.4, -0.2) is 13.5 Å². The van der Waals surface area contributed by atoms with Crippen molar-refractivity contribution in [1.82, 2.24) is 0 Å². The van der Waals surface area contributed by atoms with Crippen LogP contribution >= 0.6 is 0 Å². The Kier molecular flexibility index (Phi) is 1.38. The van der Waals surface area contributed by atoms with Crippen molar-refractivity contribution in [2.75, 3.05) is 0 Å². The lowest BCUT2D eigenvalue weighted by Crippen LogP contribution is -2.29. The average Bonchev–Trinajstić information content (AvgIpc) is 2.45. The molecule has 0 unspecified atom stereocenters.